The molecule has 0 saturated carbocycles. The number of aliphatic hydroxyl groups is 10. The molecule has 0 aliphatic rings. The van der Waals surface area contributed by atoms with Crippen LogP contribution in [-0.4, -0.2) is 141 Å². The van der Waals surface area contributed by atoms with E-state index >= 15 is 0 Å². The average molecular weight is 469 g/mol. The molecule has 27 heavy (non-hydrogen) atoms. The second-order valence-corrected chi connectivity index (χ2v) is 6.21. The third kappa shape index (κ3) is 7.90. The van der Waals surface area contributed by atoms with Crippen LogP contribution in [-0.2, 0) is 17.2 Å². The van der Waals surface area contributed by atoms with E-state index in [-0.39, 0.29) is 0 Å². The van der Waals surface area contributed by atoms with Crippen molar-refractivity contribution in [1.82, 2.24) is 0 Å². The Balaban J connectivity index is 4.48. The first kappa shape index (κ1) is 26.1. The molecule has 0 aromatic rings. The molecule has 0 amide bonds. The van der Waals surface area contributed by atoms with Gasteiger partial charge in [0, 0.05) is 0 Å². The van der Waals surface area contributed by atoms with E-state index in [0.29, 0.717) is 0 Å². The standard InChI is InChI=1S/C12H22O14Se/c13-1-3(15)5(17)7(19)9(21)11(23)25-27-26-12(24)10(22)8(20)6(18)4(16)2-14/h3-10,13-22H,1-2H2/t3-,4-,5-,6-,7+,8+,9-,10-/m1/s1. The van der Waals surface area contributed by atoms with Crippen molar-refractivity contribution in [3.05, 3.63) is 0 Å². The van der Waals surface area contributed by atoms with Crippen LogP contribution in [0.25, 0.3) is 0 Å². The van der Waals surface area contributed by atoms with E-state index in [4.69, 9.17) is 20.4 Å². The maximum atomic E-state index is 11.4. The van der Waals surface area contributed by atoms with Crippen LogP contribution in [0.15, 0.2) is 0 Å². The Morgan fingerprint density at radius 2 is 0.926 bits per heavy atom. The van der Waals surface area contributed by atoms with E-state index in [9.17, 15) is 40.2 Å². The molecule has 0 aromatic heterocycles. The van der Waals surface area contributed by atoms with Crippen molar-refractivity contribution >= 4 is 27.6 Å². The SMILES string of the molecule is O=C(O[Se]OC(=O)[C@H](O)[C@@H](O)[C@H](O)[C@H](O)CO)[C@H](O)[C@@H](O)[C@H](O)[C@H](O)CO. The third-order valence-electron chi connectivity index (χ3n) is 3.22. The van der Waals surface area contributed by atoms with E-state index in [2.05, 4.69) is 7.64 Å². The molecule has 0 aliphatic carbocycles. The van der Waals surface area contributed by atoms with Gasteiger partial charge in [-0.2, -0.15) is 0 Å². The number of hydrogen-bond acceptors (Lipinski definition) is 14. The van der Waals surface area contributed by atoms with Crippen molar-refractivity contribution in [3.8, 4) is 0 Å². The van der Waals surface area contributed by atoms with Crippen molar-refractivity contribution in [2.45, 2.75) is 48.8 Å². The fourth-order valence-corrected chi connectivity index (χ4v) is 2.27. The second-order valence-electron chi connectivity index (χ2n) is 5.22. The summed E-state index contributed by atoms with van der Waals surface area (Å²) in [6, 6.07) is 0. The Bertz CT molecular complexity index is 423. The maximum absolute atomic E-state index is 11.4. The van der Waals surface area contributed by atoms with Crippen molar-refractivity contribution < 1.29 is 68.3 Å². The third-order valence-corrected chi connectivity index (χ3v) is 4.20. The number of carbonyl (C=O) groups is 2. The molecule has 15 heteroatoms. The van der Waals surface area contributed by atoms with Crippen LogP contribution in [0.1, 0.15) is 0 Å². The molecule has 0 aromatic carbocycles. The fraction of sp³-hybridized carbons (Fsp3) is 0.833. The van der Waals surface area contributed by atoms with Crippen LogP contribution in [0.5, 0.6) is 0 Å². The van der Waals surface area contributed by atoms with E-state index < -0.39 is 89.6 Å². The van der Waals surface area contributed by atoms with Gasteiger partial charge in [0.25, 0.3) is 0 Å². The first-order valence-corrected chi connectivity index (χ1v) is 8.64. The van der Waals surface area contributed by atoms with Crippen molar-refractivity contribution in [2.75, 3.05) is 13.2 Å². The Hall–Kier alpha value is -0.941. The van der Waals surface area contributed by atoms with E-state index in [0.717, 1.165) is 0 Å². The zero-order chi connectivity index (χ0) is 21.3. The first-order valence-electron chi connectivity index (χ1n) is 7.24. The summed E-state index contributed by atoms with van der Waals surface area (Å²) in [5, 5.41) is 91.8. The van der Waals surface area contributed by atoms with Gasteiger partial charge in [0.05, 0.1) is 0 Å². The first-order chi connectivity index (χ1) is 12.5. The summed E-state index contributed by atoms with van der Waals surface area (Å²) in [6.45, 7) is -1.95. The zero-order valence-corrected chi connectivity index (χ0v) is 15.3. The molecule has 10 N–H and O–H groups in total. The van der Waals surface area contributed by atoms with E-state index in [1.807, 2.05) is 0 Å². The Kier molecular flexibility index (Phi) is 12.1. The summed E-state index contributed by atoms with van der Waals surface area (Å²) >= 11 is -1.82. The molecule has 0 rings (SSSR count). The molecule has 0 radical (unpaired) electrons. The Morgan fingerprint density at radius 3 is 1.19 bits per heavy atom. The molecule has 0 aliphatic heterocycles. The van der Waals surface area contributed by atoms with Crippen LogP contribution in [0, 0.1) is 0 Å². The molecule has 14 nitrogen and oxygen atoms in total. The molecule has 160 valence electrons. The fourth-order valence-electron chi connectivity index (χ4n) is 1.51. The van der Waals surface area contributed by atoms with Gasteiger partial charge in [0.15, 0.2) is 0 Å². The molecule has 0 spiro atoms. The van der Waals surface area contributed by atoms with Crippen LogP contribution < -0.4 is 0 Å². The van der Waals surface area contributed by atoms with Crippen LogP contribution in [0.4, 0.5) is 0 Å². The van der Waals surface area contributed by atoms with Crippen LogP contribution in [0.2, 0.25) is 0 Å². The average Bonchev–Trinajstić information content (AvgIpc) is 2.68. The predicted octanol–water partition coefficient (Wildman–Crippen LogP) is -7.52. The van der Waals surface area contributed by atoms with Gasteiger partial charge in [-0.25, -0.2) is 0 Å². The number of rotatable bonds is 12. The van der Waals surface area contributed by atoms with Gasteiger partial charge in [-0.15, -0.1) is 0 Å². The molecular formula is C12H22O14Se. The topological polar surface area (TPSA) is 255 Å². The van der Waals surface area contributed by atoms with Crippen molar-refractivity contribution in [3.63, 3.8) is 0 Å². The summed E-state index contributed by atoms with van der Waals surface area (Å²) in [7, 11) is 0. The minimum atomic E-state index is -2.38. The van der Waals surface area contributed by atoms with Crippen molar-refractivity contribution in [1.29, 1.82) is 0 Å². The Labute approximate surface area is 158 Å². The van der Waals surface area contributed by atoms with Gasteiger partial charge in [-0.1, -0.05) is 0 Å². The van der Waals surface area contributed by atoms with Crippen LogP contribution >= 0.6 is 0 Å². The molecule has 0 saturated heterocycles. The van der Waals surface area contributed by atoms with Crippen molar-refractivity contribution in [2.24, 2.45) is 0 Å². The van der Waals surface area contributed by atoms with Gasteiger partial charge in [0.1, 0.15) is 0 Å². The molecular weight excluding hydrogens is 447 g/mol. The molecule has 0 heterocycles. The monoisotopic (exact) mass is 470 g/mol. The van der Waals surface area contributed by atoms with Gasteiger partial charge in [-0.3, -0.25) is 0 Å². The molecule has 0 unspecified atom stereocenters. The number of aliphatic hydroxyl groups excluding tert-OH is 10. The summed E-state index contributed by atoms with van der Waals surface area (Å²) in [6.07, 6.45) is -17.1. The summed E-state index contributed by atoms with van der Waals surface area (Å²) in [5.41, 5.74) is 0. The number of carbonyl (C=O) groups excluding carboxylic acids is 2. The quantitative estimate of drug-likeness (QED) is 0.119. The molecule has 0 bridgehead atoms. The zero-order valence-electron chi connectivity index (χ0n) is 13.5. The summed E-state index contributed by atoms with van der Waals surface area (Å²) < 4.78 is 8.58. The van der Waals surface area contributed by atoms with Gasteiger partial charge >= 0.3 is 158 Å². The summed E-state index contributed by atoms with van der Waals surface area (Å²) in [5.74, 6) is -3.16. The van der Waals surface area contributed by atoms with Gasteiger partial charge < -0.3 is 0 Å². The Morgan fingerprint density at radius 1 is 0.630 bits per heavy atom. The van der Waals surface area contributed by atoms with E-state index in [1.54, 1.807) is 0 Å². The minimum absolute atomic E-state index is 0.974. The number of hydrogen-bond donors (Lipinski definition) is 10. The van der Waals surface area contributed by atoms with E-state index in [1.165, 1.54) is 0 Å². The molecule has 8 atom stereocenters. The van der Waals surface area contributed by atoms with Crippen LogP contribution in [0.3, 0.4) is 0 Å². The summed E-state index contributed by atoms with van der Waals surface area (Å²) in [4.78, 5) is 22.9. The second kappa shape index (κ2) is 12.5. The molecule has 0 fully saturated rings. The predicted molar refractivity (Wildman–Crippen MR) is 80.2 cm³/mol. The van der Waals surface area contributed by atoms with Gasteiger partial charge in [-0.05, 0) is 0 Å². The van der Waals surface area contributed by atoms with Gasteiger partial charge in [0.2, 0.25) is 0 Å². The normalized spacial score (nSPS) is 20.5.